The van der Waals surface area contributed by atoms with E-state index in [-0.39, 0.29) is 12.2 Å². The van der Waals surface area contributed by atoms with Crippen molar-refractivity contribution in [2.24, 2.45) is 0 Å². The second kappa shape index (κ2) is 4.05. The second-order valence-corrected chi connectivity index (χ2v) is 3.13. The van der Waals surface area contributed by atoms with Crippen LogP contribution in [-0.2, 0) is 0 Å². The molecule has 15 heavy (non-hydrogen) atoms. The summed E-state index contributed by atoms with van der Waals surface area (Å²) in [5.41, 5.74) is 0.505. The standard InChI is InChI=1S/C12H10O3/c1-2-4-10(13)9-5-3-6-11-12(9)15-8-7-14-11/h1,3,5-6H,4,7-8H2. The van der Waals surface area contributed by atoms with Gasteiger partial charge in [0.15, 0.2) is 17.3 Å². The third kappa shape index (κ3) is 1.79. The Balaban J connectivity index is 2.40. The molecule has 0 amide bonds. The number of hydrogen-bond acceptors (Lipinski definition) is 3. The van der Waals surface area contributed by atoms with Crippen molar-refractivity contribution in [2.45, 2.75) is 6.42 Å². The number of Topliss-reactive ketones (excluding diaryl/α,β-unsaturated/α-hetero) is 1. The van der Waals surface area contributed by atoms with Crippen molar-refractivity contribution in [1.29, 1.82) is 0 Å². The molecule has 1 aliphatic rings. The van der Waals surface area contributed by atoms with Gasteiger partial charge in [0.05, 0.1) is 12.0 Å². The lowest BCUT2D eigenvalue weighted by molar-refractivity contribution is 0.0987. The van der Waals surface area contributed by atoms with Crippen LogP contribution in [0.1, 0.15) is 16.8 Å². The molecule has 0 radical (unpaired) electrons. The first-order chi connectivity index (χ1) is 7.33. The first kappa shape index (κ1) is 9.60. The van der Waals surface area contributed by atoms with Gasteiger partial charge in [-0.05, 0) is 12.1 Å². The summed E-state index contributed by atoms with van der Waals surface area (Å²) in [5, 5.41) is 0. The van der Waals surface area contributed by atoms with Crippen molar-refractivity contribution in [3.8, 4) is 23.8 Å². The smallest absolute Gasteiger partial charge is 0.178 e. The van der Waals surface area contributed by atoms with Gasteiger partial charge in [0.2, 0.25) is 0 Å². The molecule has 2 rings (SSSR count). The van der Waals surface area contributed by atoms with E-state index in [9.17, 15) is 4.79 Å². The topological polar surface area (TPSA) is 35.5 Å². The minimum atomic E-state index is -0.111. The maximum atomic E-state index is 11.6. The zero-order chi connectivity index (χ0) is 10.7. The largest absolute Gasteiger partial charge is 0.486 e. The monoisotopic (exact) mass is 202 g/mol. The van der Waals surface area contributed by atoms with Crippen molar-refractivity contribution in [1.82, 2.24) is 0 Å². The summed E-state index contributed by atoms with van der Waals surface area (Å²) < 4.78 is 10.8. The van der Waals surface area contributed by atoms with Crippen LogP contribution in [0.3, 0.4) is 0 Å². The van der Waals surface area contributed by atoms with Crippen molar-refractivity contribution < 1.29 is 14.3 Å². The normalized spacial score (nSPS) is 13.0. The quantitative estimate of drug-likeness (QED) is 0.540. The number of benzene rings is 1. The molecule has 0 saturated heterocycles. The molecule has 3 nitrogen and oxygen atoms in total. The summed E-state index contributed by atoms with van der Waals surface area (Å²) in [6.45, 7) is 0.979. The molecule has 1 aliphatic heterocycles. The van der Waals surface area contributed by atoms with Crippen LogP contribution in [-0.4, -0.2) is 19.0 Å². The number of terminal acetylenes is 1. The molecule has 1 aromatic rings. The van der Waals surface area contributed by atoms with E-state index in [2.05, 4.69) is 5.92 Å². The van der Waals surface area contributed by atoms with E-state index in [0.717, 1.165) is 0 Å². The highest BCUT2D eigenvalue weighted by Crippen LogP contribution is 2.34. The highest BCUT2D eigenvalue weighted by Gasteiger charge is 2.19. The van der Waals surface area contributed by atoms with Gasteiger partial charge >= 0.3 is 0 Å². The van der Waals surface area contributed by atoms with Crippen molar-refractivity contribution in [2.75, 3.05) is 13.2 Å². The fourth-order valence-electron chi connectivity index (χ4n) is 1.48. The van der Waals surface area contributed by atoms with Gasteiger partial charge in [-0.15, -0.1) is 6.42 Å². The predicted octanol–water partition coefficient (Wildman–Crippen LogP) is 1.66. The SMILES string of the molecule is C#CCC(=O)c1cccc2c1OCCO2. The molecular formula is C12H10O3. The van der Waals surface area contributed by atoms with E-state index in [1.54, 1.807) is 18.2 Å². The molecule has 76 valence electrons. The van der Waals surface area contributed by atoms with Crippen LogP contribution in [0.4, 0.5) is 0 Å². The summed E-state index contributed by atoms with van der Waals surface area (Å²) in [6, 6.07) is 5.24. The summed E-state index contributed by atoms with van der Waals surface area (Å²) in [6.07, 6.45) is 5.18. The average Bonchev–Trinajstić information content (AvgIpc) is 2.28. The van der Waals surface area contributed by atoms with Gasteiger partial charge < -0.3 is 9.47 Å². The second-order valence-electron chi connectivity index (χ2n) is 3.13. The number of carbonyl (C=O) groups excluding carboxylic acids is 1. The van der Waals surface area contributed by atoms with Crippen LogP contribution >= 0.6 is 0 Å². The number of ketones is 1. The molecule has 3 heteroatoms. The maximum absolute atomic E-state index is 11.6. The van der Waals surface area contributed by atoms with Gasteiger partial charge in [0, 0.05) is 0 Å². The van der Waals surface area contributed by atoms with Gasteiger partial charge in [-0.2, -0.15) is 0 Å². The molecule has 0 aliphatic carbocycles. The number of para-hydroxylation sites is 1. The zero-order valence-electron chi connectivity index (χ0n) is 8.16. The van der Waals surface area contributed by atoms with Crippen LogP contribution in [0.15, 0.2) is 18.2 Å². The highest BCUT2D eigenvalue weighted by atomic mass is 16.6. The lowest BCUT2D eigenvalue weighted by atomic mass is 10.1. The number of hydrogen-bond donors (Lipinski definition) is 0. The molecule has 0 saturated carbocycles. The van der Waals surface area contributed by atoms with Crippen LogP contribution in [0.2, 0.25) is 0 Å². The predicted molar refractivity (Wildman–Crippen MR) is 55.2 cm³/mol. The molecule has 0 unspecified atom stereocenters. The lowest BCUT2D eigenvalue weighted by Crippen LogP contribution is -2.17. The zero-order valence-corrected chi connectivity index (χ0v) is 8.16. The van der Waals surface area contributed by atoms with Gasteiger partial charge in [-0.3, -0.25) is 4.79 Å². The molecule has 0 spiro atoms. The van der Waals surface area contributed by atoms with E-state index >= 15 is 0 Å². The first-order valence-electron chi connectivity index (χ1n) is 4.68. The van der Waals surface area contributed by atoms with E-state index in [1.807, 2.05) is 0 Å². The van der Waals surface area contributed by atoms with E-state index in [4.69, 9.17) is 15.9 Å². The fourth-order valence-corrected chi connectivity index (χ4v) is 1.48. The van der Waals surface area contributed by atoms with Gasteiger partial charge in [-0.25, -0.2) is 0 Å². The third-order valence-corrected chi connectivity index (χ3v) is 2.13. The highest BCUT2D eigenvalue weighted by molar-refractivity contribution is 6.00. The molecule has 0 fully saturated rings. The lowest BCUT2D eigenvalue weighted by Gasteiger charge is -2.20. The molecule has 0 atom stereocenters. The van der Waals surface area contributed by atoms with Gasteiger partial charge in [0.1, 0.15) is 13.2 Å². The number of fused-ring (bicyclic) bond motifs is 1. The van der Waals surface area contributed by atoms with Gasteiger partial charge in [-0.1, -0.05) is 12.0 Å². The van der Waals surface area contributed by atoms with Crippen LogP contribution in [0, 0.1) is 12.3 Å². The van der Waals surface area contributed by atoms with E-state index in [0.29, 0.717) is 30.3 Å². The molecule has 0 bridgehead atoms. The van der Waals surface area contributed by atoms with Crippen LogP contribution < -0.4 is 9.47 Å². The van der Waals surface area contributed by atoms with Crippen molar-refractivity contribution in [3.05, 3.63) is 23.8 Å². The summed E-state index contributed by atoms with van der Waals surface area (Å²) >= 11 is 0. The Morgan fingerprint density at radius 1 is 1.40 bits per heavy atom. The Morgan fingerprint density at radius 3 is 3.00 bits per heavy atom. The van der Waals surface area contributed by atoms with E-state index in [1.165, 1.54) is 0 Å². The van der Waals surface area contributed by atoms with Crippen molar-refractivity contribution >= 4 is 5.78 Å². The number of ether oxygens (including phenoxy) is 2. The minimum absolute atomic E-state index is 0.0831. The third-order valence-electron chi connectivity index (χ3n) is 2.13. The Bertz CT molecular complexity index is 429. The Hall–Kier alpha value is -1.95. The fraction of sp³-hybridized carbons (Fsp3) is 0.250. The maximum Gasteiger partial charge on any atom is 0.178 e. The molecular weight excluding hydrogens is 192 g/mol. The number of rotatable bonds is 2. The van der Waals surface area contributed by atoms with Crippen molar-refractivity contribution in [3.63, 3.8) is 0 Å². The molecule has 0 N–H and O–H groups in total. The average molecular weight is 202 g/mol. The first-order valence-corrected chi connectivity index (χ1v) is 4.68. The molecule has 1 aromatic carbocycles. The Labute approximate surface area is 88.0 Å². The van der Waals surface area contributed by atoms with Crippen LogP contribution in [0.5, 0.6) is 11.5 Å². The Kier molecular flexibility index (Phi) is 2.59. The van der Waals surface area contributed by atoms with Crippen LogP contribution in [0.25, 0.3) is 0 Å². The molecule has 0 aromatic heterocycles. The summed E-state index contributed by atoms with van der Waals surface area (Å²) in [4.78, 5) is 11.6. The van der Waals surface area contributed by atoms with E-state index < -0.39 is 0 Å². The minimum Gasteiger partial charge on any atom is -0.486 e. The number of carbonyl (C=O) groups is 1. The molecule has 1 heterocycles. The summed E-state index contributed by atoms with van der Waals surface area (Å²) in [7, 11) is 0. The van der Waals surface area contributed by atoms with Gasteiger partial charge in [0.25, 0.3) is 0 Å². The Morgan fingerprint density at radius 2 is 2.20 bits per heavy atom. The summed E-state index contributed by atoms with van der Waals surface area (Å²) in [5.74, 6) is 3.35.